The first-order chi connectivity index (χ1) is 6.70. The van der Waals surface area contributed by atoms with E-state index in [0.29, 0.717) is 15.6 Å². The third-order valence-electron chi connectivity index (χ3n) is 1.93. The fourth-order valence-electron chi connectivity index (χ4n) is 1.37. The van der Waals surface area contributed by atoms with Crippen LogP contribution in [0.1, 0.15) is 5.56 Å². The van der Waals surface area contributed by atoms with Crippen LogP contribution in [0.4, 0.5) is 8.78 Å². The zero-order valence-electron chi connectivity index (χ0n) is 7.05. The molecule has 0 unspecified atom stereocenters. The van der Waals surface area contributed by atoms with Crippen molar-refractivity contribution in [3.05, 3.63) is 34.7 Å². The van der Waals surface area contributed by atoms with E-state index in [1.54, 1.807) is 0 Å². The molecule has 1 aromatic heterocycles. The highest BCUT2D eigenvalue weighted by Crippen LogP contribution is 2.28. The lowest BCUT2D eigenvalue weighted by Crippen LogP contribution is -1.84. The van der Waals surface area contributed by atoms with Crippen molar-refractivity contribution in [1.82, 2.24) is 0 Å². The van der Waals surface area contributed by atoms with Crippen molar-refractivity contribution in [2.75, 3.05) is 0 Å². The second kappa shape index (κ2) is 3.35. The lowest BCUT2D eigenvalue weighted by atomic mass is 10.1. The Hall–Kier alpha value is -1.47. The van der Waals surface area contributed by atoms with Gasteiger partial charge in [-0.15, -0.1) is 11.3 Å². The zero-order valence-corrected chi connectivity index (χ0v) is 7.87. The van der Waals surface area contributed by atoms with Crippen LogP contribution in [-0.2, 0) is 6.42 Å². The van der Waals surface area contributed by atoms with Crippen LogP contribution in [0.15, 0.2) is 18.2 Å². The van der Waals surface area contributed by atoms with E-state index in [1.807, 2.05) is 6.07 Å². The summed E-state index contributed by atoms with van der Waals surface area (Å²) in [7, 11) is 0. The van der Waals surface area contributed by atoms with Gasteiger partial charge in [0.2, 0.25) is 0 Å². The Morgan fingerprint density at radius 1 is 1.29 bits per heavy atom. The van der Waals surface area contributed by atoms with Gasteiger partial charge < -0.3 is 0 Å². The van der Waals surface area contributed by atoms with E-state index in [1.165, 1.54) is 18.2 Å². The highest BCUT2D eigenvalue weighted by Gasteiger charge is 2.08. The van der Waals surface area contributed by atoms with Crippen LogP contribution in [0.5, 0.6) is 0 Å². The first-order valence-electron chi connectivity index (χ1n) is 3.95. The molecule has 0 atom stereocenters. The molecule has 0 bridgehead atoms. The summed E-state index contributed by atoms with van der Waals surface area (Å²) in [6, 6.07) is 5.82. The number of benzene rings is 1. The predicted molar refractivity (Wildman–Crippen MR) is 51.1 cm³/mol. The third-order valence-corrected chi connectivity index (χ3v) is 2.80. The summed E-state index contributed by atoms with van der Waals surface area (Å²) in [5.41, 5.74) is 0.544. The Morgan fingerprint density at radius 2 is 2.07 bits per heavy atom. The van der Waals surface area contributed by atoms with Crippen LogP contribution >= 0.6 is 11.3 Å². The molecule has 0 saturated heterocycles. The third kappa shape index (κ3) is 1.47. The molecular weight excluding hydrogens is 204 g/mol. The second-order valence-corrected chi connectivity index (χ2v) is 3.90. The molecule has 4 heteroatoms. The average molecular weight is 209 g/mol. The van der Waals surface area contributed by atoms with Crippen LogP contribution in [0.2, 0.25) is 0 Å². The topological polar surface area (TPSA) is 23.8 Å². The number of hydrogen-bond donors (Lipinski definition) is 0. The normalized spacial score (nSPS) is 10.4. The van der Waals surface area contributed by atoms with Gasteiger partial charge in [-0.25, -0.2) is 4.39 Å². The maximum Gasteiger partial charge on any atom is 0.177 e. The molecule has 0 aliphatic rings. The van der Waals surface area contributed by atoms with Crippen molar-refractivity contribution in [1.29, 1.82) is 5.26 Å². The lowest BCUT2D eigenvalue weighted by Gasteiger charge is -1.97. The highest BCUT2D eigenvalue weighted by molar-refractivity contribution is 7.17. The van der Waals surface area contributed by atoms with Gasteiger partial charge in [0.15, 0.2) is 5.13 Å². The maximum absolute atomic E-state index is 13.0. The Bertz CT molecular complexity index is 525. The smallest absolute Gasteiger partial charge is 0.177 e. The zero-order chi connectivity index (χ0) is 10.1. The maximum atomic E-state index is 13.0. The monoisotopic (exact) mass is 209 g/mol. The number of fused-ring (bicyclic) bond motifs is 1. The number of halogens is 2. The number of hydrogen-bond acceptors (Lipinski definition) is 2. The van der Waals surface area contributed by atoms with Gasteiger partial charge in [0.1, 0.15) is 5.82 Å². The van der Waals surface area contributed by atoms with Gasteiger partial charge in [0.25, 0.3) is 0 Å². The Morgan fingerprint density at radius 3 is 2.79 bits per heavy atom. The van der Waals surface area contributed by atoms with Crippen molar-refractivity contribution in [3.63, 3.8) is 0 Å². The summed E-state index contributed by atoms with van der Waals surface area (Å²) in [5.74, 6) is -0.426. The Kier molecular flexibility index (Phi) is 2.18. The van der Waals surface area contributed by atoms with E-state index in [0.717, 1.165) is 11.3 Å². The lowest BCUT2D eigenvalue weighted by molar-refractivity contribution is 0.628. The van der Waals surface area contributed by atoms with E-state index < -0.39 is 5.82 Å². The molecule has 0 fully saturated rings. The van der Waals surface area contributed by atoms with E-state index >= 15 is 0 Å². The van der Waals surface area contributed by atoms with Crippen LogP contribution in [0, 0.1) is 22.3 Å². The van der Waals surface area contributed by atoms with E-state index in [4.69, 9.17) is 5.26 Å². The van der Waals surface area contributed by atoms with Crippen LogP contribution in [0.25, 0.3) is 10.1 Å². The molecule has 0 spiro atoms. The second-order valence-electron chi connectivity index (χ2n) is 2.86. The Balaban J connectivity index is 2.74. The van der Waals surface area contributed by atoms with E-state index in [2.05, 4.69) is 0 Å². The molecule has 2 aromatic rings. The summed E-state index contributed by atoms with van der Waals surface area (Å²) in [6.45, 7) is 0. The largest absolute Gasteiger partial charge is 0.207 e. The SMILES string of the molecule is N#CCc1cc(F)cc2sc(F)cc12. The molecule has 2 rings (SSSR count). The molecular formula is C10H5F2NS. The summed E-state index contributed by atoms with van der Waals surface area (Å²) >= 11 is 0.890. The number of nitrogens with zero attached hydrogens (tertiary/aromatic N) is 1. The van der Waals surface area contributed by atoms with Gasteiger partial charge in [-0.3, -0.25) is 0 Å². The molecule has 0 aliphatic carbocycles. The molecule has 1 nitrogen and oxygen atoms in total. The predicted octanol–water partition coefficient (Wildman–Crippen LogP) is 3.25. The average Bonchev–Trinajstić information content (AvgIpc) is 2.45. The number of nitriles is 1. The number of thiophene rings is 1. The van der Waals surface area contributed by atoms with Crippen LogP contribution < -0.4 is 0 Å². The molecule has 0 N–H and O–H groups in total. The first-order valence-corrected chi connectivity index (χ1v) is 4.77. The van der Waals surface area contributed by atoms with Gasteiger partial charge in [0.05, 0.1) is 12.5 Å². The van der Waals surface area contributed by atoms with Crippen molar-refractivity contribution in [3.8, 4) is 6.07 Å². The van der Waals surface area contributed by atoms with Crippen molar-refractivity contribution < 1.29 is 8.78 Å². The van der Waals surface area contributed by atoms with Crippen molar-refractivity contribution in [2.45, 2.75) is 6.42 Å². The van der Waals surface area contributed by atoms with Crippen molar-refractivity contribution in [2.24, 2.45) is 0 Å². The van der Waals surface area contributed by atoms with Gasteiger partial charge >= 0.3 is 0 Å². The van der Waals surface area contributed by atoms with E-state index in [-0.39, 0.29) is 11.6 Å². The molecule has 0 radical (unpaired) electrons. The Labute approximate surface area is 83.2 Å². The number of rotatable bonds is 1. The van der Waals surface area contributed by atoms with Gasteiger partial charge in [0, 0.05) is 4.70 Å². The highest BCUT2D eigenvalue weighted by atomic mass is 32.1. The molecule has 0 saturated carbocycles. The van der Waals surface area contributed by atoms with Gasteiger partial charge in [-0.05, 0) is 29.1 Å². The fraction of sp³-hybridized carbons (Fsp3) is 0.100. The minimum atomic E-state index is -0.426. The molecule has 1 aromatic carbocycles. The molecule has 0 amide bonds. The summed E-state index contributed by atoms with van der Waals surface area (Å²) in [4.78, 5) is 0. The van der Waals surface area contributed by atoms with Crippen LogP contribution in [0.3, 0.4) is 0 Å². The van der Waals surface area contributed by atoms with Crippen LogP contribution in [-0.4, -0.2) is 0 Å². The fourth-order valence-corrected chi connectivity index (χ4v) is 2.23. The quantitative estimate of drug-likeness (QED) is 0.707. The summed E-state index contributed by atoms with van der Waals surface area (Å²) in [6.07, 6.45) is 0.102. The molecule has 1 heterocycles. The first kappa shape index (κ1) is 9.10. The van der Waals surface area contributed by atoms with Crippen molar-refractivity contribution >= 4 is 21.4 Å². The van der Waals surface area contributed by atoms with Gasteiger partial charge in [-0.2, -0.15) is 9.65 Å². The molecule has 70 valence electrons. The minimum absolute atomic E-state index is 0.102. The van der Waals surface area contributed by atoms with E-state index in [9.17, 15) is 8.78 Å². The molecule has 0 aliphatic heterocycles. The summed E-state index contributed by atoms with van der Waals surface area (Å²) < 4.78 is 26.4. The summed E-state index contributed by atoms with van der Waals surface area (Å²) in [5, 5.41) is 8.79. The standard InChI is InChI=1S/C10H5F2NS/c11-7-3-6(1-2-13)8-5-10(12)14-9(8)4-7/h3-5H,1H2. The van der Waals surface area contributed by atoms with Gasteiger partial charge in [-0.1, -0.05) is 0 Å². The molecule has 14 heavy (non-hydrogen) atoms. The minimum Gasteiger partial charge on any atom is -0.207 e.